The summed E-state index contributed by atoms with van der Waals surface area (Å²) in [5, 5.41) is 0. The van der Waals surface area contributed by atoms with Crippen LogP contribution in [0.4, 0.5) is 0 Å². The molecule has 0 aromatic heterocycles. The van der Waals surface area contributed by atoms with E-state index in [-0.39, 0.29) is 6.04 Å². The molecule has 3 heteroatoms. The molecule has 144 valence electrons. The Hall–Kier alpha value is -1.64. The molecule has 0 unspecified atom stereocenters. The summed E-state index contributed by atoms with van der Waals surface area (Å²) in [7, 11) is 0. The second-order valence-electron chi connectivity index (χ2n) is 7.60. The topological polar surface area (TPSA) is 15.6 Å². The third kappa shape index (κ3) is 6.19. The van der Waals surface area contributed by atoms with Crippen molar-refractivity contribution in [1.29, 1.82) is 0 Å². The Kier molecular flexibility index (Phi) is 7.92. The maximum Gasteiger partial charge on any atom is 0.0619 e. The van der Waals surface area contributed by atoms with E-state index in [1.807, 2.05) is 0 Å². The van der Waals surface area contributed by atoms with Gasteiger partial charge in [-0.05, 0) is 30.9 Å². The third-order valence-electron chi connectivity index (χ3n) is 5.55. The van der Waals surface area contributed by atoms with Crippen molar-refractivity contribution in [3.05, 3.63) is 71.8 Å². The van der Waals surface area contributed by atoms with E-state index in [0.717, 1.165) is 18.8 Å². The molecule has 2 aromatic rings. The van der Waals surface area contributed by atoms with Gasteiger partial charge in [-0.1, -0.05) is 79.9 Å². The Bertz CT molecular complexity index is 651. The first-order valence-corrected chi connectivity index (χ1v) is 10.7. The van der Waals surface area contributed by atoms with E-state index in [4.69, 9.17) is 16.6 Å². The second-order valence-corrected chi connectivity index (χ2v) is 7.87. The average molecular weight is 383 g/mol. The molecule has 0 N–H and O–H groups in total. The van der Waals surface area contributed by atoms with Crippen LogP contribution in [0.25, 0.3) is 0 Å². The van der Waals surface area contributed by atoms with E-state index in [9.17, 15) is 0 Å². The van der Waals surface area contributed by atoms with Crippen molar-refractivity contribution in [2.45, 2.75) is 64.2 Å². The van der Waals surface area contributed by atoms with E-state index >= 15 is 0 Å². The molecule has 1 fully saturated rings. The lowest BCUT2D eigenvalue weighted by Crippen LogP contribution is -2.39. The van der Waals surface area contributed by atoms with Crippen LogP contribution in [0.1, 0.15) is 50.2 Å². The van der Waals surface area contributed by atoms with Gasteiger partial charge in [-0.15, -0.1) is 11.6 Å². The average Bonchev–Trinajstić information content (AvgIpc) is 2.73. The van der Waals surface area contributed by atoms with Crippen molar-refractivity contribution in [2.24, 2.45) is 4.99 Å². The van der Waals surface area contributed by atoms with Gasteiger partial charge < -0.3 is 0 Å². The van der Waals surface area contributed by atoms with Crippen molar-refractivity contribution >= 4 is 17.3 Å². The molecule has 1 aliphatic rings. The van der Waals surface area contributed by atoms with Gasteiger partial charge in [0.25, 0.3) is 0 Å². The number of alkyl halides is 1. The van der Waals surface area contributed by atoms with Crippen LogP contribution in [0.3, 0.4) is 0 Å². The highest BCUT2D eigenvalue weighted by molar-refractivity contribution is 6.29. The van der Waals surface area contributed by atoms with Crippen molar-refractivity contribution in [2.75, 3.05) is 5.88 Å². The minimum absolute atomic E-state index is 0.227. The van der Waals surface area contributed by atoms with Gasteiger partial charge in [0, 0.05) is 30.9 Å². The zero-order valence-corrected chi connectivity index (χ0v) is 17.1. The summed E-state index contributed by atoms with van der Waals surface area (Å²) in [6.45, 7) is 4.06. The summed E-state index contributed by atoms with van der Waals surface area (Å²) in [5.41, 5.74) is 3.79. The molecule has 0 saturated heterocycles. The lowest BCUT2D eigenvalue weighted by atomic mass is 9.95. The fourth-order valence-corrected chi connectivity index (χ4v) is 4.17. The first-order chi connectivity index (χ1) is 13.3. The van der Waals surface area contributed by atoms with Crippen LogP contribution < -0.4 is 0 Å². The zero-order valence-electron chi connectivity index (χ0n) is 16.4. The molecule has 2 aromatic carbocycles. The summed E-state index contributed by atoms with van der Waals surface area (Å²) in [6, 6.07) is 22.1. The van der Waals surface area contributed by atoms with Crippen LogP contribution in [0, 0.1) is 0 Å². The molecule has 2 nitrogen and oxygen atoms in total. The molecular formula is C24H31ClN2. The Labute approximate surface area is 169 Å². The van der Waals surface area contributed by atoms with E-state index in [2.05, 4.69) is 72.5 Å². The van der Waals surface area contributed by atoms with Gasteiger partial charge in [-0.2, -0.15) is 0 Å². The molecule has 1 atom stereocenters. The summed E-state index contributed by atoms with van der Waals surface area (Å²) in [4.78, 5) is 7.60. The van der Waals surface area contributed by atoms with Crippen LogP contribution in [0.5, 0.6) is 0 Å². The van der Waals surface area contributed by atoms with E-state index in [1.165, 1.54) is 43.2 Å². The van der Waals surface area contributed by atoms with Crippen LogP contribution in [-0.2, 0) is 13.1 Å². The Balaban J connectivity index is 1.79. The highest BCUT2D eigenvalue weighted by atomic mass is 35.5. The molecule has 27 heavy (non-hydrogen) atoms. The predicted molar refractivity (Wildman–Crippen MR) is 117 cm³/mol. The smallest absolute Gasteiger partial charge is 0.0619 e. The van der Waals surface area contributed by atoms with Gasteiger partial charge in [0.15, 0.2) is 0 Å². The van der Waals surface area contributed by atoms with E-state index in [0.29, 0.717) is 11.9 Å². The molecule has 0 bridgehead atoms. The summed E-state index contributed by atoms with van der Waals surface area (Å²) in [5.74, 6) is 0.512. The van der Waals surface area contributed by atoms with Gasteiger partial charge >= 0.3 is 0 Å². The first kappa shape index (κ1) is 20.1. The minimum Gasteiger partial charge on any atom is -0.288 e. The number of aliphatic imine (C=N–C) groups is 1. The normalized spacial score (nSPS) is 17.2. The first-order valence-electron chi connectivity index (χ1n) is 10.2. The Morgan fingerprint density at radius 1 is 0.926 bits per heavy atom. The molecule has 3 rings (SSSR count). The van der Waals surface area contributed by atoms with Crippen LogP contribution in [-0.4, -0.2) is 28.6 Å². The fraction of sp³-hybridized carbons (Fsp3) is 0.458. The summed E-state index contributed by atoms with van der Waals surface area (Å²) in [6.07, 6.45) is 6.38. The van der Waals surface area contributed by atoms with Crippen LogP contribution in [0.2, 0.25) is 0 Å². The van der Waals surface area contributed by atoms with Gasteiger partial charge in [-0.25, -0.2) is 0 Å². The number of hydrogen-bond donors (Lipinski definition) is 0. The maximum atomic E-state index is 6.37. The number of hydrogen-bond acceptors (Lipinski definition) is 2. The van der Waals surface area contributed by atoms with Gasteiger partial charge in [0.1, 0.15) is 0 Å². The molecule has 0 aliphatic heterocycles. The number of halogens is 1. The molecule has 0 spiro atoms. The Morgan fingerprint density at radius 2 is 1.44 bits per heavy atom. The molecule has 0 heterocycles. The standard InChI is InChI=1S/C24H31ClN2/c1-20(24(17-25)26-23-15-9-4-10-16-23)27(18-21-11-5-2-6-12-21)19-22-13-7-3-8-14-22/h2-3,5-8,11-14,20,23H,4,9-10,15-19H2,1H3/t20-/m0/s1. The largest absolute Gasteiger partial charge is 0.288 e. The van der Waals surface area contributed by atoms with Crippen molar-refractivity contribution in [3.63, 3.8) is 0 Å². The molecule has 1 aliphatic carbocycles. The number of benzene rings is 2. The predicted octanol–water partition coefficient (Wildman–Crippen LogP) is 6.09. The monoisotopic (exact) mass is 382 g/mol. The van der Waals surface area contributed by atoms with Crippen LogP contribution >= 0.6 is 11.6 Å². The Morgan fingerprint density at radius 3 is 1.93 bits per heavy atom. The third-order valence-corrected chi connectivity index (χ3v) is 5.82. The van der Waals surface area contributed by atoms with Gasteiger partial charge in [0.2, 0.25) is 0 Å². The molecule has 1 saturated carbocycles. The van der Waals surface area contributed by atoms with Crippen LogP contribution in [0.15, 0.2) is 65.7 Å². The van der Waals surface area contributed by atoms with E-state index < -0.39 is 0 Å². The second kappa shape index (κ2) is 10.6. The molecular weight excluding hydrogens is 352 g/mol. The number of rotatable bonds is 8. The SMILES string of the molecule is C[C@@H](C(CCl)=NC1CCCCC1)N(Cc1ccccc1)Cc1ccccc1. The highest BCUT2D eigenvalue weighted by Gasteiger charge is 2.21. The summed E-state index contributed by atoms with van der Waals surface area (Å²) >= 11 is 6.37. The lowest BCUT2D eigenvalue weighted by molar-refractivity contribution is 0.234. The highest BCUT2D eigenvalue weighted by Crippen LogP contribution is 2.22. The van der Waals surface area contributed by atoms with Crippen molar-refractivity contribution in [1.82, 2.24) is 4.90 Å². The molecule has 0 amide bonds. The summed E-state index contributed by atoms with van der Waals surface area (Å²) < 4.78 is 0. The lowest BCUT2D eigenvalue weighted by Gasteiger charge is -2.31. The van der Waals surface area contributed by atoms with Gasteiger partial charge in [-0.3, -0.25) is 9.89 Å². The maximum absolute atomic E-state index is 6.37. The zero-order chi connectivity index (χ0) is 18.9. The number of nitrogens with zero attached hydrogens (tertiary/aromatic N) is 2. The quantitative estimate of drug-likeness (QED) is 0.398. The van der Waals surface area contributed by atoms with Crippen molar-refractivity contribution in [3.8, 4) is 0 Å². The van der Waals surface area contributed by atoms with Gasteiger partial charge in [0.05, 0.1) is 5.88 Å². The fourth-order valence-electron chi connectivity index (χ4n) is 3.88. The van der Waals surface area contributed by atoms with Crippen molar-refractivity contribution < 1.29 is 0 Å². The van der Waals surface area contributed by atoms with E-state index in [1.54, 1.807) is 0 Å². The minimum atomic E-state index is 0.227. The molecule has 0 radical (unpaired) electrons.